The van der Waals surface area contributed by atoms with Crippen molar-refractivity contribution in [3.8, 4) is 0 Å². The average molecular weight is 388 g/mol. The number of hydrogen-bond acceptors (Lipinski definition) is 4. The number of aliphatic hydroxyl groups is 1. The van der Waals surface area contributed by atoms with Gasteiger partial charge in [-0.25, -0.2) is 0 Å². The Morgan fingerprint density at radius 2 is 1.43 bits per heavy atom. The third kappa shape index (κ3) is 9.82. The van der Waals surface area contributed by atoms with Crippen LogP contribution in [-0.2, 0) is 9.59 Å². The maximum atomic E-state index is 12.1. The minimum atomic E-state index is -0.523. The molecular formula is C24H37NO3. The largest absolute Gasteiger partial charge is 0.507 e. The van der Waals surface area contributed by atoms with Gasteiger partial charge in [0.1, 0.15) is 11.5 Å². The average Bonchev–Trinajstić information content (AvgIpc) is 2.68. The molecular weight excluding hydrogens is 350 g/mol. The molecule has 0 heterocycles. The second-order valence-electron chi connectivity index (χ2n) is 7.59. The third-order valence-electron chi connectivity index (χ3n) is 5.09. The second kappa shape index (κ2) is 15.0. The lowest BCUT2D eigenvalue weighted by molar-refractivity contribution is -0.116. The fourth-order valence-electron chi connectivity index (χ4n) is 3.34. The Labute approximate surface area is 170 Å². The zero-order valence-electron chi connectivity index (χ0n) is 17.5. The Hall–Kier alpha value is -1.97. The van der Waals surface area contributed by atoms with E-state index in [1.54, 1.807) is 0 Å². The Kier molecular flexibility index (Phi) is 12.9. The molecule has 156 valence electrons. The number of carbonyl (C=O) groups excluding carboxylic acids is 2. The lowest BCUT2D eigenvalue weighted by Gasteiger charge is -2.11. The first-order valence-electron chi connectivity index (χ1n) is 11.0. The predicted octanol–water partition coefficient (Wildman–Crippen LogP) is 6.56. The molecule has 0 aromatic carbocycles. The number of nitrogens with one attached hydrogen (secondary N) is 1. The van der Waals surface area contributed by atoms with Gasteiger partial charge in [-0.3, -0.25) is 15.0 Å². The minimum Gasteiger partial charge on any atom is -0.507 e. The molecule has 0 fully saturated rings. The van der Waals surface area contributed by atoms with E-state index >= 15 is 0 Å². The molecule has 0 radical (unpaired) electrons. The van der Waals surface area contributed by atoms with Crippen LogP contribution in [0.25, 0.3) is 0 Å². The lowest BCUT2D eigenvalue weighted by Crippen LogP contribution is -2.23. The molecule has 4 heteroatoms. The molecule has 0 saturated heterocycles. The van der Waals surface area contributed by atoms with Crippen LogP contribution in [0.2, 0.25) is 0 Å². The molecule has 2 N–H and O–H groups in total. The van der Waals surface area contributed by atoms with Crippen molar-refractivity contribution in [2.45, 2.75) is 96.8 Å². The first kappa shape index (κ1) is 24.1. The highest BCUT2D eigenvalue weighted by Gasteiger charge is 2.25. The van der Waals surface area contributed by atoms with E-state index in [9.17, 15) is 14.7 Å². The number of allylic oxidation sites excluding steroid dienone is 5. The summed E-state index contributed by atoms with van der Waals surface area (Å²) in [5.41, 5.74) is -0.513. The van der Waals surface area contributed by atoms with Crippen LogP contribution >= 0.6 is 0 Å². The molecule has 1 aliphatic rings. The van der Waals surface area contributed by atoms with Crippen molar-refractivity contribution in [2.75, 3.05) is 0 Å². The van der Waals surface area contributed by atoms with Crippen LogP contribution in [0.15, 0.2) is 35.6 Å². The number of Topliss-reactive ketones (excluding diaryl/α,β-unsaturated/α-hetero) is 1. The number of carbonyl (C=O) groups is 2. The van der Waals surface area contributed by atoms with Crippen LogP contribution in [0.5, 0.6) is 0 Å². The molecule has 1 rings (SSSR count). The van der Waals surface area contributed by atoms with Gasteiger partial charge >= 0.3 is 0 Å². The quantitative estimate of drug-likeness (QED) is 0.179. The van der Waals surface area contributed by atoms with Crippen molar-refractivity contribution in [3.63, 3.8) is 0 Å². The summed E-state index contributed by atoms with van der Waals surface area (Å²) < 4.78 is 0. The standard InChI is InChI=1S/C24H37NO3/c1-2-3-4-5-6-7-8-9-10-11-12-13-14-15-16-17-20(26)23-21(27)18-19-22(28)24(23)25/h9-10,18-19,25,27H,2-8,11-17H2,1H3/b10-9-,25-24?. The third-order valence-corrected chi connectivity index (χ3v) is 5.09. The summed E-state index contributed by atoms with van der Waals surface area (Å²) in [4.78, 5) is 23.6. The van der Waals surface area contributed by atoms with Crippen molar-refractivity contribution in [2.24, 2.45) is 0 Å². The van der Waals surface area contributed by atoms with Crippen molar-refractivity contribution in [3.05, 3.63) is 35.6 Å². The summed E-state index contributed by atoms with van der Waals surface area (Å²) in [5, 5.41) is 17.4. The molecule has 0 spiro atoms. The highest BCUT2D eigenvalue weighted by Crippen LogP contribution is 2.17. The molecule has 0 bridgehead atoms. The van der Waals surface area contributed by atoms with E-state index < -0.39 is 11.5 Å². The number of unbranched alkanes of at least 4 members (excludes halogenated alkanes) is 11. The molecule has 0 saturated carbocycles. The van der Waals surface area contributed by atoms with Crippen LogP contribution in [0.1, 0.15) is 96.8 Å². The maximum absolute atomic E-state index is 12.1. The molecule has 4 nitrogen and oxygen atoms in total. The summed E-state index contributed by atoms with van der Waals surface area (Å²) in [6.45, 7) is 2.25. The smallest absolute Gasteiger partial charge is 0.204 e. The van der Waals surface area contributed by atoms with Gasteiger partial charge in [0.05, 0.1) is 5.57 Å². The van der Waals surface area contributed by atoms with Gasteiger partial charge in [-0.15, -0.1) is 0 Å². The van der Waals surface area contributed by atoms with E-state index in [-0.39, 0.29) is 23.5 Å². The van der Waals surface area contributed by atoms with Gasteiger partial charge in [-0.2, -0.15) is 0 Å². The first-order valence-corrected chi connectivity index (χ1v) is 11.0. The molecule has 0 aromatic rings. The minimum absolute atomic E-state index is 0.122. The van der Waals surface area contributed by atoms with E-state index in [0.29, 0.717) is 0 Å². The summed E-state index contributed by atoms with van der Waals surface area (Å²) in [5.74, 6) is -1.09. The van der Waals surface area contributed by atoms with Crippen LogP contribution in [-0.4, -0.2) is 22.4 Å². The molecule has 28 heavy (non-hydrogen) atoms. The summed E-state index contributed by atoms with van der Waals surface area (Å²) in [7, 11) is 0. The first-order chi connectivity index (χ1) is 13.6. The van der Waals surface area contributed by atoms with Gasteiger partial charge < -0.3 is 5.11 Å². The van der Waals surface area contributed by atoms with Gasteiger partial charge in [-0.05, 0) is 44.3 Å². The molecule has 0 aromatic heterocycles. The van der Waals surface area contributed by atoms with E-state index in [4.69, 9.17) is 5.41 Å². The topological polar surface area (TPSA) is 78.2 Å². The summed E-state index contributed by atoms with van der Waals surface area (Å²) in [6.07, 6.45) is 22.7. The van der Waals surface area contributed by atoms with Gasteiger partial charge in [0.2, 0.25) is 5.78 Å². The Morgan fingerprint density at radius 1 is 0.893 bits per heavy atom. The van der Waals surface area contributed by atoms with Crippen LogP contribution in [0, 0.1) is 5.41 Å². The van der Waals surface area contributed by atoms with Gasteiger partial charge in [0, 0.05) is 6.42 Å². The fourth-order valence-corrected chi connectivity index (χ4v) is 3.34. The van der Waals surface area contributed by atoms with Gasteiger partial charge in [0.15, 0.2) is 5.78 Å². The van der Waals surface area contributed by atoms with E-state index in [0.717, 1.165) is 38.2 Å². The fraction of sp³-hybridized carbons (Fsp3) is 0.625. The lowest BCUT2D eigenvalue weighted by atomic mass is 9.93. The van der Waals surface area contributed by atoms with Gasteiger partial charge in [-0.1, -0.05) is 70.4 Å². The Morgan fingerprint density at radius 3 is 2.04 bits per heavy atom. The Balaban J connectivity index is 2.00. The monoisotopic (exact) mass is 387 g/mol. The van der Waals surface area contributed by atoms with E-state index in [2.05, 4.69) is 19.1 Å². The normalized spacial score (nSPS) is 14.5. The number of aliphatic hydroxyl groups excluding tert-OH is 1. The van der Waals surface area contributed by atoms with Crippen molar-refractivity contribution >= 4 is 17.3 Å². The van der Waals surface area contributed by atoms with Crippen molar-refractivity contribution in [1.29, 1.82) is 5.41 Å². The number of hydrogen-bond donors (Lipinski definition) is 2. The Bertz CT molecular complexity index is 599. The second-order valence-corrected chi connectivity index (χ2v) is 7.59. The highest BCUT2D eigenvalue weighted by molar-refractivity contribution is 6.54. The van der Waals surface area contributed by atoms with Crippen molar-refractivity contribution < 1.29 is 14.7 Å². The summed E-state index contributed by atoms with van der Waals surface area (Å²) in [6, 6.07) is 0. The van der Waals surface area contributed by atoms with Crippen LogP contribution < -0.4 is 0 Å². The molecule has 0 aliphatic heterocycles. The number of rotatable bonds is 16. The zero-order valence-corrected chi connectivity index (χ0v) is 17.5. The molecule has 0 atom stereocenters. The number of ketones is 2. The predicted molar refractivity (Wildman–Crippen MR) is 116 cm³/mol. The van der Waals surface area contributed by atoms with Gasteiger partial charge in [0.25, 0.3) is 0 Å². The van der Waals surface area contributed by atoms with E-state index in [1.807, 2.05) is 0 Å². The van der Waals surface area contributed by atoms with Crippen LogP contribution in [0.3, 0.4) is 0 Å². The molecule has 1 aliphatic carbocycles. The molecule has 0 unspecified atom stereocenters. The maximum Gasteiger partial charge on any atom is 0.204 e. The van der Waals surface area contributed by atoms with Crippen LogP contribution in [0.4, 0.5) is 0 Å². The SMILES string of the molecule is CCCCCCCC/C=C\CCCCCCCC(=O)C1=C(O)C=CC(=O)C1=N. The summed E-state index contributed by atoms with van der Waals surface area (Å²) >= 11 is 0. The molecule has 0 amide bonds. The highest BCUT2D eigenvalue weighted by atomic mass is 16.3. The van der Waals surface area contributed by atoms with E-state index in [1.165, 1.54) is 57.4 Å². The zero-order chi connectivity index (χ0) is 20.6. The van der Waals surface area contributed by atoms with Crippen molar-refractivity contribution in [1.82, 2.24) is 0 Å².